The molecule has 96 valence electrons. The molecule has 2 atom stereocenters. The molecule has 0 radical (unpaired) electrons. The highest BCUT2D eigenvalue weighted by atomic mass is 15.4. The van der Waals surface area contributed by atoms with Crippen LogP contribution in [0.2, 0.25) is 0 Å². The Morgan fingerprint density at radius 1 is 1.53 bits per heavy atom. The van der Waals surface area contributed by atoms with Gasteiger partial charge in [0.25, 0.3) is 0 Å². The van der Waals surface area contributed by atoms with E-state index in [1.165, 1.54) is 12.8 Å². The van der Waals surface area contributed by atoms with Crippen molar-refractivity contribution in [2.24, 2.45) is 7.05 Å². The molecule has 2 heterocycles. The lowest BCUT2D eigenvalue weighted by Crippen LogP contribution is -2.54. The Labute approximate surface area is 103 Å². The smallest absolute Gasteiger partial charge is 0.0967 e. The predicted molar refractivity (Wildman–Crippen MR) is 67.6 cm³/mol. The number of nitrogens with one attached hydrogen (secondary N) is 1. The van der Waals surface area contributed by atoms with Gasteiger partial charge in [0, 0.05) is 45.0 Å². The molecule has 0 amide bonds. The first-order valence-corrected chi connectivity index (χ1v) is 6.51. The zero-order chi connectivity index (χ0) is 12.3. The molecule has 1 fully saturated rings. The van der Waals surface area contributed by atoms with Gasteiger partial charge in [-0.2, -0.15) is 0 Å². The van der Waals surface area contributed by atoms with E-state index in [2.05, 4.69) is 34.4 Å². The van der Waals surface area contributed by atoms with Gasteiger partial charge in [0.1, 0.15) is 0 Å². The van der Waals surface area contributed by atoms with E-state index in [4.69, 9.17) is 0 Å². The molecule has 1 N–H and O–H groups in total. The van der Waals surface area contributed by atoms with Crippen molar-refractivity contribution in [2.45, 2.75) is 45.3 Å². The molecule has 0 aliphatic carbocycles. The SMILES string of the molecule is CCCC1CNC(C)CN1Cc1cn(C)nn1. The summed E-state index contributed by atoms with van der Waals surface area (Å²) >= 11 is 0. The van der Waals surface area contributed by atoms with Gasteiger partial charge in [-0.3, -0.25) is 9.58 Å². The second kappa shape index (κ2) is 5.60. The fourth-order valence-corrected chi connectivity index (χ4v) is 2.52. The maximum Gasteiger partial charge on any atom is 0.0967 e. The molecule has 17 heavy (non-hydrogen) atoms. The maximum atomic E-state index is 4.18. The van der Waals surface area contributed by atoms with Gasteiger partial charge < -0.3 is 5.32 Å². The van der Waals surface area contributed by atoms with E-state index in [0.717, 1.165) is 25.3 Å². The largest absolute Gasteiger partial charge is 0.311 e. The molecule has 0 bridgehead atoms. The molecule has 1 aliphatic heterocycles. The van der Waals surface area contributed by atoms with Crippen LogP contribution >= 0.6 is 0 Å². The van der Waals surface area contributed by atoms with E-state index in [1.807, 2.05) is 13.2 Å². The summed E-state index contributed by atoms with van der Waals surface area (Å²) in [5.41, 5.74) is 1.07. The summed E-state index contributed by atoms with van der Waals surface area (Å²) < 4.78 is 1.77. The third-order valence-corrected chi connectivity index (χ3v) is 3.36. The second-order valence-corrected chi connectivity index (χ2v) is 5.06. The molecular weight excluding hydrogens is 214 g/mol. The van der Waals surface area contributed by atoms with Crippen LogP contribution in [0, 0.1) is 0 Å². The van der Waals surface area contributed by atoms with E-state index in [0.29, 0.717) is 12.1 Å². The number of hydrogen-bond donors (Lipinski definition) is 1. The molecule has 5 heteroatoms. The van der Waals surface area contributed by atoms with E-state index in [-0.39, 0.29) is 0 Å². The normalized spacial score (nSPS) is 26.3. The lowest BCUT2D eigenvalue weighted by atomic mass is 10.1. The van der Waals surface area contributed by atoms with Crippen LogP contribution in [0.5, 0.6) is 0 Å². The van der Waals surface area contributed by atoms with E-state index < -0.39 is 0 Å². The van der Waals surface area contributed by atoms with Gasteiger partial charge in [-0.25, -0.2) is 0 Å². The molecule has 1 saturated heterocycles. The molecular formula is C12H23N5. The Morgan fingerprint density at radius 3 is 3.00 bits per heavy atom. The molecule has 0 spiro atoms. The minimum absolute atomic E-state index is 0.569. The van der Waals surface area contributed by atoms with Crippen molar-refractivity contribution in [1.29, 1.82) is 0 Å². The summed E-state index contributed by atoms with van der Waals surface area (Å²) in [4.78, 5) is 2.54. The first-order chi connectivity index (χ1) is 8.19. The third kappa shape index (κ3) is 3.26. The van der Waals surface area contributed by atoms with Gasteiger partial charge in [0.2, 0.25) is 0 Å². The van der Waals surface area contributed by atoms with Gasteiger partial charge in [0.05, 0.1) is 5.69 Å². The van der Waals surface area contributed by atoms with Gasteiger partial charge in [-0.1, -0.05) is 18.6 Å². The van der Waals surface area contributed by atoms with Crippen molar-refractivity contribution in [3.63, 3.8) is 0 Å². The average Bonchev–Trinajstić information content (AvgIpc) is 2.68. The van der Waals surface area contributed by atoms with Crippen LogP contribution in [0.3, 0.4) is 0 Å². The Hall–Kier alpha value is -0.940. The Morgan fingerprint density at radius 2 is 2.35 bits per heavy atom. The number of hydrogen-bond acceptors (Lipinski definition) is 4. The van der Waals surface area contributed by atoms with Crippen LogP contribution < -0.4 is 5.32 Å². The Balaban J connectivity index is 1.99. The number of aromatic nitrogens is 3. The summed E-state index contributed by atoms with van der Waals surface area (Å²) in [6, 6.07) is 1.21. The summed E-state index contributed by atoms with van der Waals surface area (Å²) in [5, 5.41) is 11.7. The number of nitrogens with zero attached hydrogens (tertiary/aromatic N) is 4. The zero-order valence-electron chi connectivity index (χ0n) is 11.1. The lowest BCUT2D eigenvalue weighted by Gasteiger charge is -2.39. The molecule has 0 saturated carbocycles. The van der Waals surface area contributed by atoms with Crippen molar-refractivity contribution >= 4 is 0 Å². The van der Waals surface area contributed by atoms with Crippen molar-refractivity contribution < 1.29 is 0 Å². The molecule has 2 unspecified atom stereocenters. The van der Waals surface area contributed by atoms with Crippen LogP contribution in [0.25, 0.3) is 0 Å². The highest BCUT2D eigenvalue weighted by Crippen LogP contribution is 2.14. The van der Waals surface area contributed by atoms with Crippen LogP contribution in [-0.4, -0.2) is 45.1 Å². The quantitative estimate of drug-likeness (QED) is 0.840. The Bertz CT molecular complexity index is 348. The van der Waals surface area contributed by atoms with Crippen LogP contribution in [0.4, 0.5) is 0 Å². The van der Waals surface area contributed by atoms with Gasteiger partial charge in [-0.05, 0) is 13.3 Å². The van der Waals surface area contributed by atoms with Gasteiger partial charge in [0.15, 0.2) is 0 Å². The van der Waals surface area contributed by atoms with Gasteiger partial charge in [-0.15, -0.1) is 5.10 Å². The van der Waals surface area contributed by atoms with Crippen LogP contribution in [0.15, 0.2) is 6.20 Å². The fourth-order valence-electron chi connectivity index (χ4n) is 2.52. The summed E-state index contributed by atoms with van der Waals surface area (Å²) in [5.74, 6) is 0. The van der Waals surface area contributed by atoms with E-state index in [9.17, 15) is 0 Å². The molecule has 1 aliphatic rings. The number of aryl methyl sites for hydroxylation is 1. The summed E-state index contributed by atoms with van der Waals surface area (Å²) in [7, 11) is 1.92. The number of rotatable bonds is 4. The zero-order valence-corrected chi connectivity index (χ0v) is 11.1. The fraction of sp³-hybridized carbons (Fsp3) is 0.833. The predicted octanol–water partition coefficient (Wildman–Crippen LogP) is 0.777. The number of piperazine rings is 1. The Kier molecular flexibility index (Phi) is 4.12. The minimum Gasteiger partial charge on any atom is -0.311 e. The van der Waals surface area contributed by atoms with Crippen molar-refractivity contribution in [1.82, 2.24) is 25.2 Å². The second-order valence-electron chi connectivity index (χ2n) is 5.06. The van der Waals surface area contributed by atoms with Crippen LogP contribution in [-0.2, 0) is 13.6 Å². The highest BCUT2D eigenvalue weighted by Gasteiger charge is 2.25. The highest BCUT2D eigenvalue weighted by molar-refractivity contribution is 4.95. The summed E-state index contributed by atoms with van der Waals surface area (Å²) in [6.07, 6.45) is 4.49. The molecule has 0 aromatic carbocycles. The average molecular weight is 237 g/mol. The van der Waals surface area contributed by atoms with Crippen molar-refractivity contribution in [2.75, 3.05) is 13.1 Å². The van der Waals surface area contributed by atoms with Crippen LogP contribution in [0.1, 0.15) is 32.4 Å². The molecule has 2 rings (SSSR count). The van der Waals surface area contributed by atoms with Crippen molar-refractivity contribution in [3.05, 3.63) is 11.9 Å². The molecule has 5 nitrogen and oxygen atoms in total. The minimum atomic E-state index is 0.569. The lowest BCUT2D eigenvalue weighted by molar-refractivity contribution is 0.118. The first-order valence-electron chi connectivity index (χ1n) is 6.51. The maximum absolute atomic E-state index is 4.18. The van der Waals surface area contributed by atoms with E-state index >= 15 is 0 Å². The van der Waals surface area contributed by atoms with Crippen molar-refractivity contribution in [3.8, 4) is 0 Å². The topological polar surface area (TPSA) is 46.0 Å². The standard InChI is InChI=1S/C12H23N5/c1-4-5-12-6-13-10(2)7-17(12)9-11-8-16(3)15-14-11/h8,10,12-13H,4-7,9H2,1-3H3. The van der Waals surface area contributed by atoms with E-state index in [1.54, 1.807) is 4.68 Å². The first kappa shape index (κ1) is 12.5. The molecule has 1 aromatic rings. The summed E-state index contributed by atoms with van der Waals surface area (Å²) in [6.45, 7) is 7.60. The third-order valence-electron chi connectivity index (χ3n) is 3.36. The molecule has 1 aromatic heterocycles. The monoisotopic (exact) mass is 237 g/mol. The van der Waals surface area contributed by atoms with Gasteiger partial charge >= 0.3 is 0 Å².